The van der Waals surface area contributed by atoms with Gasteiger partial charge in [-0.05, 0) is 25.0 Å². The molecule has 1 aliphatic heterocycles. The summed E-state index contributed by atoms with van der Waals surface area (Å²) in [7, 11) is 1.92. The van der Waals surface area contributed by atoms with Crippen LogP contribution in [0, 0.1) is 0 Å². The van der Waals surface area contributed by atoms with E-state index in [0.717, 1.165) is 37.3 Å². The zero-order valence-corrected chi connectivity index (χ0v) is 10.8. The third-order valence-electron chi connectivity index (χ3n) is 3.28. The van der Waals surface area contributed by atoms with E-state index in [1.807, 2.05) is 29.0 Å². The monoisotopic (exact) mass is 248 g/mol. The smallest absolute Gasteiger partial charge is 0.242 e. The maximum Gasteiger partial charge on any atom is 0.242 e. The fraction of sp³-hybridized carbons (Fsp3) is 0.538. The number of aromatic nitrogens is 1. The van der Waals surface area contributed by atoms with Gasteiger partial charge in [0.25, 0.3) is 0 Å². The Morgan fingerprint density at radius 1 is 1.50 bits per heavy atom. The first-order chi connectivity index (χ1) is 8.70. The van der Waals surface area contributed by atoms with Gasteiger partial charge in [0.15, 0.2) is 0 Å². The van der Waals surface area contributed by atoms with Crippen LogP contribution in [0.2, 0.25) is 0 Å². The predicted octanol–water partition coefficient (Wildman–Crippen LogP) is 0.599. The summed E-state index contributed by atoms with van der Waals surface area (Å²) >= 11 is 0. The van der Waals surface area contributed by atoms with Gasteiger partial charge in [-0.2, -0.15) is 0 Å². The maximum atomic E-state index is 12.0. The van der Waals surface area contributed by atoms with Crippen molar-refractivity contribution < 1.29 is 4.79 Å². The fourth-order valence-corrected chi connectivity index (χ4v) is 2.18. The first-order valence-electron chi connectivity index (χ1n) is 6.34. The van der Waals surface area contributed by atoms with Crippen LogP contribution >= 0.6 is 0 Å². The summed E-state index contributed by atoms with van der Waals surface area (Å²) in [5.74, 6) is 0.195. The molecule has 0 aliphatic carbocycles. The molecule has 1 aromatic heterocycles. The van der Waals surface area contributed by atoms with Gasteiger partial charge >= 0.3 is 0 Å². The van der Waals surface area contributed by atoms with Crippen molar-refractivity contribution in [3.05, 3.63) is 24.0 Å². The molecule has 0 aromatic carbocycles. The Labute approximate surface area is 108 Å². The highest BCUT2D eigenvalue weighted by atomic mass is 16.2. The van der Waals surface area contributed by atoms with Crippen LogP contribution in [0.3, 0.4) is 0 Å². The molecule has 98 valence electrons. The molecule has 1 fully saturated rings. The summed E-state index contributed by atoms with van der Waals surface area (Å²) in [5, 5.41) is 0. The SMILES string of the molecule is CN(CC(=O)N1CCCC1)c1ccnc(CN)c1. The van der Waals surface area contributed by atoms with E-state index in [2.05, 4.69) is 4.98 Å². The van der Waals surface area contributed by atoms with Gasteiger partial charge in [-0.25, -0.2) is 0 Å². The van der Waals surface area contributed by atoms with Gasteiger partial charge in [-0.1, -0.05) is 0 Å². The van der Waals surface area contributed by atoms with Gasteiger partial charge in [0, 0.05) is 38.6 Å². The van der Waals surface area contributed by atoms with E-state index in [9.17, 15) is 4.79 Å². The average molecular weight is 248 g/mol. The minimum Gasteiger partial charge on any atom is -0.365 e. The zero-order valence-electron chi connectivity index (χ0n) is 10.8. The zero-order chi connectivity index (χ0) is 13.0. The number of likely N-dealkylation sites (tertiary alicyclic amines) is 1. The second-order valence-corrected chi connectivity index (χ2v) is 4.65. The number of hydrogen-bond acceptors (Lipinski definition) is 4. The van der Waals surface area contributed by atoms with Gasteiger partial charge in [0.1, 0.15) is 0 Å². The third-order valence-corrected chi connectivity index (χ3v) is 3.28. The summed E-state index contributed by atoms with van der Waals surface area (Å²) in [6.45, 7) is 2.63. The van der Waals surface area contributed by atoms with Gasteiger partial charge in [0.05, 0.1) is 12.2 Å². The Bertz CT molecular complexity index is 415. The Morgan fingerprint density at radius 3 is 2.89 bits per heavy atom. The Hall–Kier alpha value is -1.62. The summed E-state index contributed by atoms with van der Waals surface area (Å²) in [6.07, 6.45) is 3.98. The number of carbonyl (C=O) groups excluding carboxylic acids is 1. The van der Waals surface area contributed by atoms with Crippen molar-refractivity contribution in [1.29, 1.82) is 0 Å². The molecule has 0 radical (unpaired) electrons. The van der Waals surface area contributed by atoms with E-state index in [1.54, 1.807) is 6.20 Å². The lowest BCUT2D eigenvalue weighted by Crippen LogP contribution is -2.37. The van der Waals surface area contributed by atoms with Gasteiger partial charge in [-0.15, -0.1) is 0 Å². The number of amides is 1. The lowest BCUT2D eigenvalue weighted by molar-refractivity contribution is -0.128. The van der Waals surface area contributed by atoms with Gasteiger partial charge < -0.3 is 15.5 Å². The number of anilines is 1. The second-order valence-electron chi connectivity index (χ2n) is 4.65. The topological polar surface area (TPSA) is 62.5 Å². The average Bonchev–Trinajstić information content (AvgIpc) is 2.92. The highest BCUT2D eigenvalue weighted by molar-refractivity contribution is 5.81. The van der Waals surface area contributed by atoms with E-state index in [1.165, 1.54) is 0 Å². The van der Waals surface area contributed by atoms with Crippen molar-refractivity contribution in [3.63, 3.8) is 0 Å². The largest absolute Gasteiger partial charge is 0.365 e. The summed E-state index contributed by atoms with van der Waals surface area (Å²) in [6, 6.07) is 3.83. The number of pyridine rings is 1. The number of hydrogen-bond donors (Lipinski definition) is 1. The standard InChI is InChI=1S/C13H20N4O/c1-16(10-13(18)17-6-2-3-7-17)12-4-5-15-11(8-12)9-14/h4-5,8H,2-3,6-7,9-10,14H2,1H3. The van der Waals surface area contributed by atoms with Gasteiger partial charge in [-0.3, -0.25) is 9.78 Å². The minimum absolute atomic E-state index is 0.195. The molecule has 18 heavy (non-hydrogen) atoms. The Kier molecular flexibility index (Phi) is 4.15. The van der Waals surface area contributed by atoms with Crippen LogP contribution in [0.15, 0.2) is 18.3 Å². The van der Waals surface area contributed by atoms with E-state index in [4.69, 9.17) is 5.73 Å². The molecule has 2 N–H and O–H groups in total. The Balaban J connectivity index is 1.97. The highest BCUT2D eigenvalue weighted by Crippen LogP contribution is 2.14. The van der Waals surface area contributed by atoms with E-state index >= 15 is 0 Å². The van der Waals surface area contributed by atoms with Crippen molar-refractivity contribution in [2.75, 3.05) is 31.6 Å². The van der Waals surface area contributed by atoms with E-state index in [-0.39, 0.29) is 5.91 Å². The van der Waals surface area contributed by atoms with Gasteiger partial charge in [0.2, 0.25) is 5.91 Å². The number of carbonyl (C=O) groups is 1. The first-order valence-corrected chi connectivity index (χ1v) is 6.34. The number of rotatable bonds is 4. The van der Waals surface area contributed by atoms with Crippen LogP contribution in [0.5, 0.6) is 0 Å². The van der Waals surface area contributed by atoms with Crippen molar-refractivity contribution in [2.45, 2.75) is 19.4 Å². The molecule has 2 heterocycles. The molecule has 0 spiro atoms. The normalized spacial score (nSPS) is 14.9. The lowest BCUT2D eigenvalue weighted by atomic mass is 10.3. The molecule has 0 saturated carbocycles. The molecule has 1 aliphatic rings. The van der Waals surface area contributed by atoms with Crippen LogP contribution in [-0.4, -0.2) is 42.5 Å². The second kappa shape index (κ2) is 5.82. The molecular weight excluding hydrogens is 228 g/mol. The summed E-state index contributed by atoms with van der Waals surface area (Å²) in [5.41, 5.74) is 7.39. The molecule has 0 bridgehead atoms. The highest BCUT2D eigenvalue weighted by Gasteiger charge is 2.19. The lowest BCUT2D eigenvalue weighted by Gasteiger charge is -2.23. The predicted molar refractivity (Wildman–Crippen MR) is 71.2 cm³/mol. The maximum absolute atomic E-state index is 12.0. The number of nitrogens with two attached hydrogens (primary N) is 1. The molecule has 0 unspecified atom stereocenters. The van der Waals surface area contributed by atoms with E-state index < -0.39 is 0 Å². The van der Waals surface area contributed by atoms with Crippen molar-refractivity contribution >= 4 is 11.6 Å². The van der Waals surface area contributed by atoms with Crippen molar-refractivity contribution in [3.8, 4) is 0 Å². The molecule has 1 amide bonds. The molecule has 5 nitrogen and oxygen atoms in total. The molecule has 1 saturated heterocycles. The molecule has 1 aromatic rings. The fourth-order valence-electron chi connectivity index (χ4n) is 2.18. The van der Waals surface area contributed by atoms with Crippen LogP contribution in [0.1, 0.15) is 18.5 Å². The van der Waals surface area contributed by atoms with Crippen molar-refractivity contribution in [1.82, 2.24) is 9.88 Å². The summed E-state index contributed by atoms with van der Waals surface area (Å²) in [4.78, 5) is 20.1. The minimum atomic E-state index is 0.195. The number of nitrogens with zero attached hydrogens (tertiary/aromatic N) is 3. The Morgan fingerprint density at radius 2 is 2.22 bits per heavy atom. The van der Waals surface area contributed by atoms with Crippen LogP contribution < -0.4 is 10.6 Å². The van der Waals surface area contributed by atoms with Crippen LogP contribution in [0.4, 0.5) is 5.69 Å². The molecular formula is C13H20N4O. The summed E-state index contributed by atoms with van der Waals surface area (Å²) < 4.78 is 0. The van der Waals surface area contributed by atoms with Crippen LogP contribution in [0.25, 0.3) is 0 Å². The van der Waals surface area contributed by atoms with E-state index in [0.29, 0.717) is 13.1 Å². The number of likely N-dealkylation sites (N-methyl/N-ethyl adjacent to an activating group) is 1. The molecule has 2 rings (SSSR count). The molecule has 0 atom stereocenters. The van der Waals surface area contributed by atoms with Crippen LogP contribution in [-0.2, 0) is 11.3 Å². The first kappa shape index (κ1) is 12.8. The third kappa shape index (κ3) is 2.98. The quantitative estimate of drug-likeness (QED) is 0.847. The van der Waals surface area contributed by atoms with Crippen molar-refractivity contribution in [2.24, 2.45) is 5.73 Å². The molecule has 5 heteroatoms.